The van der Waals surface area contributed by atoms with E-state index in [4.69, 9.17) is 0 Å². The molecule has 0 radical (unpaired) electrons. The maximum Gasteiger partial charge on any atom is 0.224 e. The number of anilines is 2. The Morgan fingerprint density at radius 1 is 1.00 bits per heavy atom. The first-order valence-electron chi connectivity index (χ1n) is 8.65. The molecule has 1 aliphatic heterocycles. The molecule has 1 saturated heterocycles. The van der Waals surface area contributed by atoms with Crippen molar-refractivity contribution in [3.63, 3.8) is 0 Å². The van der Waals surface area contributed by atoms with E-state index < -0.39 is 0 Å². The maximum absolute atomic E-state index is 12.0. The fourth-order valence-corrected chi connectivity index (χ4v) is 3.51. The van der Waals surface area contributed by atoms with Gasteiger partial charge in [0.2, 0.25) is 11.8 Å². The van der Waals surface area contributed by atoms with Crippen LogP contribution in [0.1, 0.15) is 30.6 Å². The van der Waals surface area contributed by atoms with Crippen molar-refractivity contribution in [1.82, 2.24) is 5.32 Å². The van der Waals surface area contributed by atoms with E-state index in [1.165, 1.54) is 18.5 Å². The lowest BCUT2D eigenvalue weighted by atomic mass is 10.2. The first kappa shape index (κ1) is 17.5. The summed E-state index contributed by atoms with van der Waals surface area (Å²) in [5.41, 5.74) is 1.97. The fraction of sp³-hybridized carbons (Fsp3) is 0.368. The molecule has 0 spiro atoms. The van der Waals surface area contributed by atoms with Crippen LogP contribution in [-0.4, -0.2) is 24.9 Å². The third kappa shape index (κ3) is 5.32. The molecule has 1 aromatic carbocycles. The summed E-state index contributed by atoms with van der Waals surface area (Å²) in [5, 5.41) is 7.65. The van der Waals surface area contributed by atoms with Crippen LogP contribution in [0.2, 0.25) is 0 Å². The number of benzene rings is 1. The second-order valence-electron chi connectivity index (χ2n) is 6.15. The van der Waals surface area contributed by atoms with Gasteiger partial charge in [0.15, 0.2) is 0 Å². The highest BCUT2D eigenvalue weighted by Gasteiger charge is 2.12. The molecule has 0 saturated carbocycles. The number of carbonyl (C=O) groups excluding carboxylic acids is 2. The summed E-state index contributed by atoms with van der Waals surface area (Å²) in [5.74, 6) is -0.242. The van der Waals surface area contributed by atoms with Gasteiger partial charge >= 0.3 is 0 Å². The number of amides is 2. The van der Waals surface area contributed by atoms with Crippen molar-refractivity contribution in [2.75, 3.05) is 23.3 Å². The average molecular weight is 357 g/mol. The molecule has 2 amide bonds. The van der Waals surface area contributed by atoms with Crippen LogP contribution in [0.25, 0.3) is 0 Å². The molecule has 1 fully saturated rings. The summed E-state index contributed by atoms with van der Waals surface area (Å²) in [6, 6.07) is 11.8. The highest BCUT2D eigenvalue weighted by Crippen LogP contribution is 2.22. The van der Waals surface area contributed by atoms with Crippen molar-refractivity contribution in [3.8, 4) is 0 Å². The lowest BCUT2D eigenvalue weighted by molar-refractivity contribution is -0.124. The van der Waals surface area contributed by atoms with Crippen molar-refractivity contribution in [2.45, 2.75) is 32.2 Å². The fourth-order valence-electron chi connectivity index (χ4n) is 2.87. The summed E-state index contributed by atoms with van der Waals surface area (Å²) in [7, 11) is 0. The van der Waals surface area contributed by atoms with Gasteiger partial charge in [0, 0.05) is 42.2 Å². The van der Waals surface area contributed by atoms with Crippen molar-refractivity contribution < 1.29 is 9.59 Å². The van der Waals surface area contributed by atoms with Gasteiger partial charge in [-0.3, -0.25) is 9.59 Å². The van der Waals surface area contributed by atoms with Crippen LogP contribution in [0.3, 0.4) is 0 Å². The van der Waals surface area contributed by atoms with E-state index in [-0.39, 0.29) is 24.7 Å². The number of hydrogen-bond donors (Lipinski definition) is 2. The molecule has 1 aromatic heterocycles. The topological polar surface area (TPSA) is 61.4 Å². The van der Waals surface area contributed by atoms with Crippen LogP contribution in [0.4, 0.5) is 11.4 Å². The third-order valence-corrected chi connectivity index (χ3v) is 5.12. The molecule has 2 heterocycles. The molecular weight excluding hydrogens is 334 g/mol. The highest BCUT2D eigenvalue weighted by atomic mass is 32.1. The van der Waals surface area contributed by atoms with Gasteiger partial charge in [-0.25, -0.2) is 0 Å². The summed E-state index contributed by atoms with van der Waals surface area (Å²) >= 11 is 1.60. The number of hydrogen-bond acceptors (Lipinski definition) is 4. The molecule has 2 N–H and O–H groups in total. The minimum Gasteiger partial charge on any atom is -0.372 e. The Labute approximate surface area is 152 Å². The molecule has 5 nitrogen and oxygen atoms in total. The van der Waals surface area contributed by atoms with Gasteiger partial charge in [0.25, 0.3) is 0 Å². The van der Waals surface area contributed by atoms with Crippen LogP contribution in [-0.2, 0) is 16.1 Å². The largest absolute Gasteiger partial charge is 0.372 e. The SMILES string of the molecule is O=C(CCC(=O)Nc1ccc(N2CCCC2)cc1)NCc1cccs1. The van der Waals surface area contributed by atoms with Gasteiger partial charge in [-0.15, -0.1) is 11.3 Å². The Balaban J connectivity index is 1.39. The first-order chi connectivity index (χ1) is 12.2. The third-order valence-electron chi connectivity index (χ3n) is 4.24. The second kappa shape index (κ2) is 8.67. The minimum absolute atomic E-state index is 0.104. The van der Waals surface area contributed by atoms with E-state index in [0.29, 0.717) is 6.54 Å². The van der Waals surface area contributed by atoms with Gasteiger partial charge in [-0.05, 0) is 48.6 Å². The van der Waals surface area contributed by atoms with Crippen molar-refractivity contribution in [3.05, 3.63) is 46.7 Å². The average Bonchev–Trinajstić information content (AvgIpc) is 3.32. The summed E-state index contributed by atoms with van der Waals surface area (Å²) < 4.78 is 0. The molecule has 132 valence electrons. The lowest BCUT2D eigenvalue weighted by Crippen LogP contribution is -2.24. The smallest absolute Gasteiger partial charge is 0.224 e. The van der Waals surface area contributed by atoms with E-state index in [9.17, 15) is 9.59 Å². The van der Waals surface area contributed by atoms with Gasteiger partial charge < -0.3 is 15.5 Å². The summed E-state index contributed by atoms with van der Waals surface area (Å²) in [6.07, 6.45) is 2.87. The second-order valence-corrected chi connectivity index (χ2v) is 7.18. The van der Waals surface area contributed by atoms with Crippen molar-refractivity contribution in [1.29, 1.82) is 0 Å². The molecule has 3 rings (SSSR count). The summed E-state index contributed by atoms with van der Waals surface area (Å²) in [6.45, 7) is 2.73. The Hall–Kier alpha value is -2.34. The zero-order valence-electron chi connectivity index (χ0n) is 14.2. The van der Waals surface area contributed by atoms with Gasteiger partial charge in [-0.2, -0.15) is 0 Å². The van der Waals surface area contributed by atoms with Crippen molar-refractivity contribution in [2.24, 2.45) is 0 Å². The molecule has 6 heteroatoms. The zero-order valence-corrected chi connectivity index (χ0v) is 15.0. The van der Waals surface area contributed by atoms with Crippen molar-refractivity contribution >= 4 is 34.5 Å². The predicted octanol–water partition coefficient (Wildman–Crippen LogP) is 3.38. The van der Waals surface area contributed by atoms with E-state index in [0.717, 1.165) is 23.7 Å². The van der Waals surface area contributed by atoms with Crippen LogP contribution >= 0.6 is 11.3 Å². The first-order valence-corrected chi connectivity index (χ1v) is 9.52. The summed E-state index contributed by atoms with van der Waals surface area (Å²) in [4.78, 5) is 27.2. The van der Waals surface area contributed by atoms with Crippen LogP contribution in [0.15, 0.2) is 41.8 Å². The number of thiophene rings is 1. The monoisotopic (exact) mass is 357 g/mol. The van der Waals surface area contributed by atoms with Crippen LogP contribution in [0.5, 0.6) is 0 Å². The minimum atomic E-state index is -0.139. The van der Waals surface area contributed by atoms with E-state index in [2.05, 4.69) is 15.5 Å². The molecule has 0 atom stereocenters. The van der Waals surface area contributed by atoms with E-state index >= 15 is 0 Å². The quantitative estimate of drug-likeness (QED) is 0.798. The zero-order chi connectivity index (χ0) is 17.5. The molecule has 1 aliphatic rings. The van der Waals surface area contributed by atoms with E-state index in [1.807, 2.05) is 41.8 Å². The normalized spacial score (nSPS) is 13.7. The Bertz CT molecular complexity index is 692. The molecule has 0 aliphatic carbocycles. The number of nitrogens with zero attached hydrogens (tertiary/aromatic N) is 1. The number of carbonyl (C=O) groups is 2. The van der Waals surface area contributed by atoms with Crippen LogP contribution in [0, 0.1) is 0 Å². The predicted molar refractivity (Wildman–Crippen MR) is 102 cm³/mol. The number of rotatable bonds is 7. The van der Waals surface area contributed by atoms with Gasteiger partial charge in [-0.1, -0.05) is 6.07 Å². The van der Waals surface area contributed by atoms with Gasteiger partial charge in [0.05, 0.1) is 6.54 Å². The van der Waals surface area contributed by atoms with Gasteiger partial charge in [0.1, 0.15) is 0 Å². The highest BCUT2D eigenvalue weighted by molar-refractivity contribution is 7.09. The Kier molecular flexibility index (Phi) is 6.06. The van der Waals surface area contributed by atoms with E-state index in [1.54, 1.807) is 11.3 Å². The van der Waals surface area contributed by atoms with Crippen LogP contribution < -0.4 is 15.5 Å². The lowest BCUT2D eigenvalue weighted by Gasteiger charge is -2.17. The molecule has 0 bridgehead atoms. The number of nitrogens with one attached hydrogen (secondary N) is 2. The molecular formula is C19H23N3O2S. The molecule has 25 heavy (non-hydrogen) atoms. The molecule has 0 unspecified atom stereocenters. The molecule has 2 aromatic rings. The Morgan fingerprint density at radius 3 is 2.40 bits per heavy atom. The standard InChI is InChI=1S/C19H23N3O2S/c23-18(20-14-17-4-3-13-25-17)9-10-19(24)21-15-5-7-16(8-6-15)22-11-1-2-12-22/h3-8,13H,1-2,9-12,14H2,(H,20,23)(H,21,24). The Morgan fingerprint density at radius 2 is 1.72 bits per heavy atom. The maximum atomic E-state index is 12.0.